The predicted molar refractivity (Wildman–Crippen MR) is 90.2 cm³/mol. The molecule has 0 N–H and O–H groups in total. The van der Waals surface area contributed by atoms with Crippen molar-refractivity contribution in [3.8, 4) is 5.75 Å². The molecule has 0 saturated carbocycles. The molecule has 0 aliphatic rings. The van der Waals surface area contributed by atoms with Crippen LogP contribution in [-0.2, 0) is 14.3 Å². The molecule has 0 aliphatic heterocycles. The van der Waals surface area contributed by atoms with Gasteiger partial charge in [-0.1, -0.05) is 0 Å². The molecule has 0 bridgehead atoms. The topological polar surface area (TPSA) is 65.5 Å². The Morgan fingerprint density at radius 2 is 1.96 bits per heavy atom. The third-order valence-electron chi connectivity index (χ3n) is 2.92. The summed E-state index contributed by atoms with van der Waals surface area (Å²) < 4.78 is 11.3. The van der Waals surface area contributed by atoms with Crippen LogP contribution in [0, 0.1) is 6.92 Å². The third kappa shape index (κ3) is 6.18. The van der Waals surface area contributed by atoms with Crippen molar-refractivity contribution in [2.75, 3.05) is 13.2 Å². The predicted octanol–water partition coefficient (Wildman–Crippen LogP) is 1.93. The summed E-state index contributed by atoms with van der Waals surface area (Å²) >= 11 is -0.532. The van der Waals surface area contributed by atoms with Crippen molar-refractivity contribution < 1.29 is 19.1 Å². The van der Waals surface area contributed by atoms with E-state index in [1.54, 1.807) is 11.8 Å². The summed E-state index contributed by atoms with van der Waals surface area (Å²) in [7, 11) is 0. The Morgan fingerprint density at radius 1 is 1.22 bits per heavy atom. The molecule has 5 nitrogen and oxygen atoms in total. The number of nitrogens with zero attached hydrogens (tertiary/aromatic N) is 1. The van der Waals surface area contributed by atoms with Crippen molar-refractivity contribution in [2.24, 2.45) is 0 Å². The molecule has 1 rings (SSSR count). The summed E-state index contributed by atoms with van der Waals surface area (Å²) in [5.74, 6) is 0.0574. The number of hydrogen-bond donors (Lipinski definition) is 0. The first-order valence-corrected chi connectivity index (χ1v) is 9.77. The van der Waals surface area contributed by atoms with Crippen LogP contribution >= 0.6 is 0 Å². The molecule has 0 saturated heterocycles. The standard InChI is InChI=1S/C17H23AsNO4/c1-5-8-14(20)13(17(21)23-7-3)11-18-16-10-9-15(22-6-2)12(4)19-16/h9-11H,5-8H2,1-4H3. The Morgan fingerprint density at radius 3 is 2.52 bits per heavy atom. The van der Waals surface area contributed by atoms with Gasteiger partial charge in [0.1, 0.15) is 0 Å². The van der Waals surface area contributed by atoms with Crippen molar-refractivity contribution >= 4 is 32.0 Å². The van der Waals surface area contributed by atoms with E-state index < -0.39 is 21.7 Å². The van der Waals surface area contributed by atoms with Gasteiger partial charge in [0.2, 0.25) is 0 Å². The summed E-state index contributed by atoms with van der Waals surface area (Å²) in [6, 6.07) is 3.75. The number of rotatable bonds is 9. The average Bonchev–Trinajstić information content (AvgIpc) is 2.51. The molecular weight excluding hydrogens is 357 g/mol. The molecule has 0 atom stereocenters. The number of carbonyl (C=O) groups is 2. The Bertz CT molecular complexity index is 564. The van der Waals surface area contributed by atoms with Crippen molar-refractivity contribution in [1.29, 1.82) is 0 Å². The van der Waals surface area contributed by atoms with Crippen LogP contribution in [-0.4, -0.2) is 45.7 Å². The molecule has 0 fully saturated rings. The molecule has 6 heteroatoms. The summed E-state index contributed by atoms with van der Waals surface area (Å²) in [6.45, 7) is 8.29. The van der Waals surface area contributed by atoms with Gasteiger partial charge in [-0.05, 0) is 0 Å². The van der Waals surface area contributed by atoms with Crippen LogP contribution in [0.2, 0.25) is 0 Å². The summed E-state index contributed by atoms with van der Waals surface area (Å²) in [4.78, 5) is 30.2. The molecule has 0 amide bonds. The third-order valence-corrected chi connectivity index (χ3v) is 4.81. The number of pyridine rings is 1. The fourth-order valence-corrected chi connectivity index (χ4v) is 3.70. The number of aryl methyl sites for hydroxylation is 1. The van der Waals surface area contributed by atoms with Crippen LogP contribution in [0.5, 0.6) is 5.75 Å². The molecule has 1 aromatic heterocycles. The van der Waals surface area contributed by atoms with E-state index in [1.165, 1.54) is 0 Å². The van der Waals surface area contributed by atoms with E-state index in [9.17, 15) is 9.59 Å². The number of ether oxygens (including phenoxy) is 2. The molecule has 1 radical (unpaired) electrons. The van der Waals surface area contributed by atoms with Gasteiger partial charge < -0.3 is 0 Å². The first-order chi connectivity index (χ1) is 11.0. The molecule has 0 spiro atoms. The Hall–Kier alpha value is -1.61. The average molecular weight is 380 g/mol. The van der Waals surface area contributed by atoms with Crippen LogP contribution in [0.15, 0.2) is 22.6 Å². The maximum atomic E-state index is 12.1. The van der Waals surface area contributed by atoms with Gasteiger partial charge in [0.15, 0.2) is 0 Å². The zero-order chi connectivity index (χ0) is 17.2. The normalized spacial score (nSPS) is 11.7. The fourth-order valence-electron chi connectivity index (χ4n) is 1.85. The molecule has 1 aromatic rings. The van der Waals surface area contributed by atoms with Gasteiger partial charge in [0.05, 0.1) is 0 Å². The molecule has 0 aromatic carbocycles. The van der Waals surface area contributed by atoms with Gasteiger partial charge in [-0.3, -0.25) is 0 Å². The number of ketones is 1. The van der Waals surface area contributed by atoms with Gasteiger partial charge >= 0.3 is 144 Å². The van der Waals surface area contributed by atoms with E-state index in [0.29, 0.717) is 19.4 Å². The van der Waals surface area contributed by atoms with E-state index in [-0.39, 0.29) is 18.0 Å². The number of hydrogen-bond acceptors (Lipinski definition) is 5. The SMILES string of the molecule is CCCC(=O)C(=C[As]c1ccc(OCC)c(C)n1)C(=O)OCC. The minimum absolute atomic E-state index is 0.155. The van der Waals surface area contributed by atoms with Crippen LogP contribution < -0.4 is 9.22 Å². The maximum absolute atomic E-state index is 12.1. The minimum atomic E-state index is -0.538. The van der Waals surface area contributed by atoms with Gasteiger partial charge in [0.25, 0.3) is 0 Å². The van der Waals surface area contributed by atoms with E-state index in [0.717, 1.165) is 15.9 Å². The zero-order valence-corrected chi connectivity index (χ0v) is 16.0. The summed E-state index contributed by atoms with van der Waals surface area (Å²) in [6.07, 6.45) is 1.05. The van der Waals surface area contributed by atoms with Crippen molar-refractivity contribution in [3.63, 3.8) is 0 Å². The number of aromatic nitrogens is 1. The fraction of sp³-hybridized carbons (Fsp3) is 0.471. The van der Waals surface area contributed by atoms with Crippen molar-refractivity contribution in [1.82, 2.24) is 4.98 Å². The van der Waals surface area contributed by atoms with Crippen molar-refractivity contribution in [2.45, 2.75) is 40.5 Å². The van der Waals surface area contributed by atoms with Crippen LogP contribution in [0.1, 0.15) is 39.3 Å². The Balaban J connectivity index is 2.93. The second-order valence-corrected chi connectivity index (χ2v) is 6.80. The molecule has 1 heterocycles. The van der Waals surface area contributed by atoms with Gasteiger partial charge in [-0.25, -0.2) is 0 Å². The number of esters is 1. The monoisotopic (exact) mass is 380 g/mol. The molecular formula is C17H23AsNO4. The van der Waals surface area contributed by atoms with Crippen LogP contribution in [0.4, 0.5) is 0 Å². The van der Waals surface area contributed by atoms with Crippen LogP contribution in [0.3, 0.4) is 0 Å². The quantitative estimate of drug-likeness (QED) is 0.215. The molecule has 23 heavy (non-hydrogen) atoms. The van der Waals surface area contributed by atoms with Gasteiger partial charge in [-0.15, -0.1) is 0 Å². The van der Waals surface area contributed by atoms with E-state index >= 15 is 0 Å². The first kappa shape index (κ1) is 19.4. The van der Waals surface area contributed by atoms with Gasteiger partial charge in [0, 0.05) is 0 Å². The van der Waals surface area contributed by atoms with E-state index in [2.05, 4.69) is 4.98 Å². The molecule has 0 unspecified atom stereocenters. The van der Waals surface area contributed by atoms with E-state index in [1.807, 2.05) is 32.9 Å². The molecule has 125 valence electrons. The van der Waals surface area contributed by atoms with E-state index in [4.69, 9.17) is 9.47 Å². The zero-order valence-electron chi connectivity index (χ0n) is 14.1. The summed E-state index contributed by atoms with van der Waals surface area (Å²) in [5, 5.41) is 0. The number of carbonyl (C=O) groups excluding carboxylic acids is 2. The first-order valence-electron chi connectivity index (χ1n) is 7.75. The summed E-state index contributed by atoms with van der Waals surface area (Å²) in [5.41, 5.74) is 0.965. The second kappa shape index (κ2) is 10.2. The second-order valence-electron chi connectivity index (χ2n) is 4.75. The Labute approximate surface area is 144 Å². The molecule has 0 aliphatic carbocycles. The number of Topliss-reactive ketones (excluding diaryl/α,β-unsaturated/α-hetero) is 1. The van der Waals surface area contributed by atoms with Gasteiger partial charge in [-0.2, -0.15) is 0 Å². The Kier molecular flexibility index (Phi) is 8.63. The van der Waals surface area contributed by atoms with Crippen molar-refractivity contribution in [3.05, 3.63) is 28.3 Å². The van der Waals surface area contributed by atoms with Crippen LogP contribution in [0.25, 0.3) is 0 Å².